The van der Waals surface area contributed by atoms with Gasteiger partial charge in [-0.15, -0.1) is 0 Å². The highest BCUT2D eigenvalue weighted by molar-refractivity contribution is 5.91. The van der Waals surface area contributed by atoms with Crippen LogP contribution in [0.5, 0.6) is 11.5 Å². The van der Waals surface area contributed by atoms with E-state index in [4.69, 9.17) is 15.2 Å². The smallest absolute Gasteiger partial charge is 0.262 e. The second kappa shape index (κ2) is 6.60. The van der Waals surface area contributed by atoms with Crippen molar-refractivity contribution in [2.24, 2.45) is 0 Å². The van der Waals surface area contributed by atoms with E-state index in [-0.39, 0.29) is 6.61 Å². The molecule has 0 unspecified atom stereocenters. The molecule has 5 nitrogen and oxygen atoms in total. The van der Waals surface area contributed by atoms with Crippen LogP contribution in [0.25, 0.3) is 0 Å². The Kier molecular flexibility index (Phi) is 4.61. The lowest BCUT2D eigenvalue weighted by molar-refractivity contribution is -0.118. The van der Waals surface area contributed by atoms with Crippen LogP contribution in [0.1, 0.15) is 0 Å². The maximum Gasteiger partial charge on any atom is 0.262 e. The normalized spacial score (nSPS) is 10.0. The monoisotopic (exact) mass is 290 g/mol. The van der Waals surface area contributed by atoms with Gasteiger partial charge in [-0.05, 0) is 30.3 Å². The Morgan fingerprint density at radius 3 is 2.76 bits per heavy atom. The molecule has 1 amide bonds. The number of rotatable bonds is 5. The molecule has 0 aliphatic carbocycles. The van der Waals surface area contributed by atoms with Gasteiger partial charge in [-0.2, -0.15) is 0 Å². The van der Waals surface area contributed by atoms with Crippen molar-refractivity contribution in [3.63, 3.8) is 0 Å². The zero-order valence-electron chi connectivity index (χ0n) is 11.4. The number of halogens is 1. The lowest BCUT2D eigenvalue weighted by atomic mass is 10.3. The predicted octanol–water partition coefficient (Wildman–Crippen LogP) is 2.43. The second-order valence-corrected chi connectivity index (χ2v) is 4.26. The van der Waals surface area contributed by atoms with Crippen LogP contribution in [-0.4, -0.2) is 19.6 Å². The molecular weight excluding hydrogens is 275 g/mol. The predicted molar refractivity (Wildman–Crippen MR) is 77.9 cm³/mol. The minimum atomic E-state index is -0.425. The van der Waals surface area contributed by atoms with Crippen molar-refractivity contribution in [1.82, 2.24) is 0 Å². The fourth-order valence-electron chi connectivity index (χ4n) is 1.71. The molecule has 0 fully saturated rings. The Morgan fingerprint density at radius 2 is 2.05 bits per heavy atom. The van der Waals surface area contributed by atoms with E-state index in [2.05, 4.69) is 5.32 Å². The quantitative estimate of drug-likeness (QED) is 0.829. The number of nitrogen functional groups attached to an aromatic ring is 1. The van der Waals surface area contributed by atoms with Gasteiger partial charge in [0.25, 0.3) is 5.91 Å². The summed E-state index contributed by atoms with van der Waals surface area (Å²) in [7, 11) is 1.49. The Morgan fingerprint density at radius 1 is 1.24 bits per heavy atom. The van der Waals surface area contributed by atoms with E-state index in [1.165, 1.54) is 25.3 Å². The summed E-state index contributed by atoms with van der Waals surface area (Å²) >= 11 is 0. The van der Waals surface area contributed by atoms with Crippen molar-refractivity contribution in [3.05, 3.63) is 48.3 Å². The molecule has 6 heteroatoms. The molecule has 0 heterocycles. The van der Waals surface area contributed by atoms with Gasteiger partial charge in [0.1, 0.15) is 5.82 Å². The third-order valence-corrected chi connectivity index (χ3v) is 2.65. The lowest BCUT2D eigenvalue weighted by Crippen LogP contribution is -2.20. The van der Waals surface area contributed by atoms with Crippen LogP contribution in [0.4, 0.5) is 15.8 Å². The first-order chi connectivity index (χ1) is 10.1. The highest BCUT2D eigenvalue weighted by Gasteiger charge is 2.08. The summed E-state index contributed by atoms with van der Waals surface area (Å²) in [6.07, 6.45) is 0. The fourth-order valence-corrected chi connectivity index (χ4v) is 1.71. The van der Waals surface area contributed by atoms with Crippen molar-refractivity contribution in [2.75, 3.05) is 24.8 Å². The lowest BCUT2D eigenvalue weighted by Gasteiger charge is -2.11. The number of amides is 1. The molecule has 21 heavy (non-hydrogen) atoms. The average Bonchev–Trinajstić information content (AvgIpc) is 2.45. The summed E-state index contributed by atoms with van der Waals surface area (Å²) in [4.78, 5) is 11.8. The molecule has 2 aromatic rings. The zero-order valence-corrected chi connectivity index (χ0v) is 11.4. The first-order valence-corrected chi connectivity index (χ1v) is 6.20. The van der Waals surface area contributed by atoms with Gasteiger partial charge in [0, 0.05) is 17.4 Å². The van der Waals surface area contributed by atoms with Gasteiger partial charge in [0.05, 0.1) is 7.11 Å². The largest absolute Gasteiger partial charge is 0.493 e. The van der Waals surface area contributed by atoms with Crippen molar-refractivity contribution >= 4 is 17.3 Å². The number of methoxy groups -OCH3 is 1. The van der Waals surface area contributed by atoms with Crippen molar-refractivity contribution in [3.8, 4) is 11.5 Å². The second-order valence-electron chi connectivity index (χ2n) is 4.26. The molecule has 0 aliphatic heterocycles. The number of hydrogen-bond donors (Lipinski definition) is 2. The third kappa shape index (κ3) is 4.10. The standard InChI is InChI=1S/C15H15FN2O3/c1-20-13-6-5-11(17)8-14(13)21-9-15(19)18-12-4-2-3-10(16)7-12/h2-8H,9,17H2,1H3,(H,18,19). The molecule has 0 bridgehead atoms. The number of hydrogen-bond acceptors (Lipinski definition) is 4. The highest BCUT2D eigenvalue weighted by atomic mass is 19.1. The molecule has 0 aliphatic rings. The molecule has 0 spiro atoms. The van der Waals surface area contributed by atoms with Crippen molar-refractivity contribution < 1.29 is 18.7 Å². The highest BCUT2D eigenvalue weighted by Crippen LogP contribution is 2.28. The number of nitrogens with two attached hydrogens (primary N) is 1. The van der Waals surface area contributed by atoms with Gasteiger partial charge in [-0.3, -0.25) is 4.79 Å². The zero-order chi connectivity index (χ0) is 15.2. The van der Waals surface area contributed by atoms with E-state index in [9.17, 15) is 9.18 Å². The van der Waals surface area contributed by atoms with Crippen LogP contribution in [0.2, 0.25) is 0 Å². The maximum absolute atomic E-state index is 13.0. The molecule has 0 atom stereocenters. The van der Waals surface area contributed by atoms with E-state index in [0.717, 1.165) is 0 Å². The molecule has 0 saturated heterocycles. The molecule has 110 valence electrons. The van der Waals surface area contributed by atoms with E-state index < -0.39 is 11.7 Å². The number of ether oxygens (including phenoxy) is 2. The number of carbonyl (C=O) groups excluding carboxylic acids is 1. The first kappa shape index (κ1) is 14.6. The van der Waals surface area contributed by atoms with E-state index >= 15 is 0 Å². The van der Waals surface area contributed by atoms with Crippen LogP contribution >= 0.6 is 0 Å². The van der Waals surface area contributed by atoms with E-state index in [0.29, 0.717) is 22.9 Å². The van der Waals surface area contributed by atoms with Crippen molar-refractivity contribution in [2.45, 2.75) is 0 Å². The fraction of sp³-hybridized carbons (Fsp3) is 0.133. The van der Waals surface area contributed by atoms with Crippen LogP contribution in [0, 0.1) is 5.82 Å². The molecule has 0 saturated carbocycles. The van der Waals surface area contributed by atoms with Gasteiger partial charge in [-0.25, -0.2) is 4.39 Å². The van der Waals surface area contributed by atoms with Crippen LogP contribution in [-0.2, 0) is 4.79 Å². The SMILES string of the molecule is COc1ccc(N)cc1OCC(=O)Nc1cccc(F)c1. The minimum Gasteiger partial charge on any atom is -0.493 e. The van der Waals surface area contributed by atoms with E-state index in [1.807, 2.05) is 0 Å². The number of anilines is 2. The van der Waals surface area contributed by atoms with Gasteiger partial charge < -0.3 is 20.5 Å². The summed E-state index contributed by atoms with van der Waals surface area (Å²) < 4.78 is 23.5. The molecule has 0 radical (unpaired) electrons. The van der Waals surface area contributed by atoms with E-state index in [1.54, 1.807) is 24.3 Å². The molecule has 0 aromatic heterocycles. The Hall–Kier alpha value is -2.76. The summed E-state index contributed by atoms with van der Waals surface area (Å²) in [6, 6.07) is 10.5. The average molecular weight is 290 g/mol. The van der Waals surface area contributed by atoms with Gasteiger partial charge in [-0.1, -0.05) is 6.07 Å². The summed E-state index contributed by atoms with van der Waals surface area (Å²) in [5, 5.41) is 2.53. The number of carbonyl (C=O) groups is 1. The van der Waals surface area contributed by atoms with Crippen LogP contribution in [0.15, 0.2) is 42.5 Å². The van der Waals surface area contributed by atoms with Crippen LogP contribution in [0.3, 0.4) is 0 Å². The van der Waals surface area contributed by atoms with Gasteiger partial charge in [0.2, 0.25) is 0 Å². The summed E-state index contributed by atoms with van der Waals surface area (Å²) in [5.41, 5.74) is 6.51. The molecule has 2 aromatic carbocycles. The Balaban J connectivity index is 1.96. The Labute approximate surface area is 121 Å². The summed E-state index contributed by atoms with van der Waals surface area (Å²) in [5.74, 6) is 0.00551. The van der Waals surface area contributed by atoms with Gasteiger partial charge in [0.15, 0.2) is 18.1 Å². The molecular formula is C15H15FN2O3. The first-order valence-electron chi connectivity index (χ1n) is 6.20. The summed E-state index contributed by atoms with van der Waals surface area (Å²) in [6.45, 7) is -0.240. The maximum atomic E-state index is 13.0. The Bertz CT molecular complexity index is 647. The third-order valence-electron chi connectivity index (χ3n) is 2.65. The number of nitrogens with one attached hydrogen (secondary N) is 1. The minimum absolute atomic E-state index is 0.240. The molecule has 3 N–H and O–H groups in total. The van der Waals surface area contributed by atoms with Gasteiger partial charge >= 0.3 is 0 Å². The molecule has 2 rings (SSSR count). The topological polar surface area (TPSA) is 73.6 Å². The number of benzene rings is 2. The van der Waals surface area contributed by atoms with Crippen molar-refractivity contribution in [1.29, 1.82) is 0 Å². The van der Waals surface area contributed by atoms with Crippen LogP contribution < -0.4 is 20.5 Å².